The third-order valence-electron chi connectivity index (χ3n) is 4.42. The number of fused-ring (bicyclic) bond motifs is 1. The van der Waals surface area contributed by atoms with Gasteiger partial charge in [-0.3, -0.25) is 14.7 Å². The van der Waals surface area contributed by atoms with Crippen LogP contribution in [0.5, 0.6) is 17.6 Å². The van der Waals surface area contributed by atoms with Crippen LogP contribution in [0.1, 0.15) is 16.1 Å². The van der Waals surface area contributed by atoms with Crippen LogP contribution in [-0.4, -0.2) is 47.2 Å². The van der Waals surface area contributed by atoms with E-state index < -0.39 is 0 Å². The van der Waals surface area contributed by atoms with E-state index in [2.05, 4.69) is 19.9 Å². The van der Waals surface area contributed by atoms with Crippen LogP contribution in [0.2, 0.25) is 0 Å². The van der Waals surface area contributed by atoms with Crippen LogP contribution >= 0.6 is 11.3 Å². The molecular formula is C21H19N5O4S. The van der Waals surface area contributed by atoms with E-state index in [4.69, 9.17) is 14.2 Å². The van der Waals surface area contributed by atoms with Crippen LogP contribution in [0.25, 0.3) is 10.2 Å². The Morgan fingerprint density at radius 1 is 1.03 bits per heavy atom. The third kappa shape index (κ3) is 4.24. The molecule has 0 atom stereocenters. The first kappa shape index (κ1) is 20.5. The average Bonchev–Trinajstić information content (AvgIpc) is 3.26. The maximum absolute atomic E-state index is 13.6. The summed E-state index contributed by atoms with van der Waals surface area (Å²) < 4.78 is 16.6. The van der Waals surface area contributed by atoms with Gasteiger partial charge in [-0.25, -0.2) is 4.98 Å². The lowest BCUT2D eigenvalue weighted by atomic mass is 10.2. The molecule has 0 aliphatic heterocycles. The summed E-state index contributed by atoms with van der Waals surface area (Å²) in [6.07, 6.45) is 3.38. The molecule has 0 bridgehead atoms. The van der Waals surface area contributed by atoms with Gasteiger partial charge in [0, 0.05) is 18.5 Å². The van der Waals surface area contributed by atoms with Gasteiger partial charge in [-0.05, 0) is 23.8 Å². The molecule has 0 N–H and O–H groups in total. The molecule has 4 rings (SSSR count). The highest BCUT2D eigenvalue weighted by atomic mass is 32.1. The Labute approximate surface area is 182 Å². The van der Waals surface area contributed by atoms with Crippen molar-refractivity contribution in [2.45, 2.75) is 6.54 Å². The molecule has 4 aromatic rings. The minimum atomic E-state index is -0.374. The summed E-state index contributed by atoms with van der Waals surface area (Å²) in [5, 5.41) is 0.505. The summed E-state index contributed by atoms with van der Waals surface area (Å²) in [7, 11) is 4.48. The van der Waals surface area contributed by atoms with E-state index in [1.165, 1.54) is 31.6 Å². The van der Waals surface area contributed by atoms with Gasteiger partial charge in [0.05, 0.1) is 32.6 Å². The van der Waals surface area contributed by atoms with Crippen molar-refractivity contribution in [1.82, 2.24) is 19.9 Å². The summed E-state index contributed by atoms with van der Waals surface area (Å²) in [4.78, 5) is 32.2. The molecule has 3 heterocycles. The quantitative estimate of drug-likeness (QED) is 0.434. The van der Waals surface area contributed by atoms with Crippen molar-refractivity contribution in [1.29, 1.82) is 0 Å². The number of amides is 1. The van der Waals surface area contributed by atoms with Crippen molar-refractivity contribution in [3.05, 3.63) is 60.0 Å². The molecule has 0 unspecified atom stereocenters. The number of rotatable bonds is 7. The third-order valence-corrected chi connectivity index (χ3v) is 5.47. The summed E-state index contributed by atoms with van der Waals surface area (Å²) in [6, 6.07) is 10.9. The second-order valence-electron chi connectivity index (χ2n) is 6.34. The first-order valence-electron chi connectivity index (χ1n) is 9.24. The zero-order chi connectivity index (χ0) is 21.8. The second-order valence-corrected chi connectivity index (χ2v) is 7.35. The number of hydrogen-bond acceptors (Lipinski definition) is 9. The van der Waals surface area contributed by atoms with Crippen LogP contribution in [0.4, 0.5) is 5.13 Å². The minimum Gasteiger partial charge on any atom is -0.494 e. The molecule has 0 saturated carbocycles. The number of aromatic nitrogens is 4. The van der Waals surface area contributed by atoms with Crippen molar-refractivity contribution < 1.29 is 19.0 Å². The molecule has 0 aliphatic rings. The number of carbonyl (C=O) groups is 1. The van der Waals surface area contributed by atoms with E-state index in [-0.39, 0.29) is 30.0 Å². The van der Waals surface area contributed by atoms with E-state index in [1.54, 1.807) is 24.4 Å². The molecule has 10 heteroatoms. The van der Waals surface area contributed by atoms with E-state index in [0.29, 0.717) is 16.4 Å². The van der Waals surface area contributed by atoms with Gasteiger partial charge in [-0.1, -0.05) is 23.5 Å². The average molecular weight is 437 g/mol. The molecule has 0 spiro atoms. The molecule has 0 fully saturated rings. The van der Waals surface area contributed by atoms with Gasteiger partial charge in [-0.15, -0.1) is 0 Å². The fourth-order valence-electron chi connectivity index (χ4n) is 2.94. The number of ether oxygens (including phenoxy) is 3. The largest absolute Gasteiger partial charge is 0.494 e. The highest BCUT2D eigenvalue weighted by Crippen LogP contribution is 2.35. The SMILES string of the molecule is COc1cc(C(=O)N(Cc2cccnc2)c2nc3c(OC)cccc3s2)nc(OC)n1. The van der Waals surface area contributed by atoms with E-state index >= 15 is 0 Å². The zero-order valence-corrected chi connectivity index (χ0v) is 17.9. The van der Waals surface area contributed by atoms with Gasteiger partial charge < -0.3 is 14.2 Å². The number of benzene rings is 1. The normalized spacial score (nSPS) is 10.7. The molecular weight excluding hydrogens is 418 g/mol. The highest BCUT2D eigenvalue weighted by molar-refractivity contribution is 7.22. The fraction of sp³-hybridized carbons (Fsp3) is 0.190. The van der Waals surface area contributed by atoms with Crippen LogP contribution in [0, 0.1) is 0 Å². The molecule has 0 saturated heterocycles. The number of methoxy groups -OCH3 is 3. The first-order chi connectivity index (χ1) is 15.1. The Hall–Kier alpha value is -3.79. The number of hydrogen-bond donors (Lipinski definition) is 0. The second kappa shape index (κ2) is 8.92. The molecule has 31 heavy (non-hydrogen) atoms. The van der Waals surface area contributed by atoms with Crippen molar-refractivity contribution in [2.75, 3.05) is 26.2 Å². The molecule has 158 valence electrons. The maximum Gasteiger partial charge on any atom is 0.320 e. The Morgan fingerprint density at radius 2 is 1.90 bits per heavy atom. The van der Waals surface area contributed by atoms with Gasteiger partial charge in [0.2, 0.25) is 5.88 Å². The summed E-state index contributed by atoms with van der Waals surface area (Å²) >= 11 is 1.38. The van der Waals surface area contributed by atoms with Gasteiger partial charge in [0.25, 0.3) is 5.91 Å². The molecule has 0 aliphatic carbocycles. The van der Waals surface area contributed by atoms with E-state index in [1.807, 2.05) is 30.3 Å². The summed E-state index contributed by atoms with van der Waals surface area (Å²) in [5.74, 6) is 0.488. The van der Waals surface area contributed by atoms with E-state index in [0.717, 1.165) is 10.3 Å². The Morgan fingerprint density at radius 3 is 2.61 bits per heavy atom. The van der Waals surface area contributed by atoms with Crippen molar-refractivity contribution in [2.24, 2.45) is 0 Å². The van der Waals surface area contributed by atoms with Gasteiger partial charge in [-0.2, -0.15) is 9.97 Å². The Bertz CT molecular complexity index is 1190. The summed E-state index contributed by atoms with van der Waals surface area (Å²) in [5.41, 5.74) is 1.65. The fourth-order valence-corrected chi connectivity index (χ4v) is 3.92. The lowest BCUT2D eigenvalue weighted by Gasteiger charge is -2.19. The predicted octanol–water partition coefficient (Wildman–Crippen LogP) is 3.35. The van der Waals surface area contributed by atoms with Crippen molar-refractivity contribution in [3.63, 3.8) is 0 Å². The Kier molecular flexibility index (Phi) is 5.89. The van der Waals surface area contributed by atoms with Crippen molar-refractivity contribution >= 4 is 32.6 Å². The van der Waals surface area contributed by atoms with Crippen molar-refractivity contribution in [3.8, 4) is 17.6 Å². The lowest BCUT2D eigenvalue weighted by Crippen LogP contribution is -2.31. The molecule has 3 aromatic heterocycles. The van der Waals surface area contributed by atoms with Crippen LogP contribution in [0.3, 0.4) is 0 Å². The number of carbonyl (C=O) groups excluding carboxylic acids is 1. The van der Waals surface area contributed by atoms with Gasteiger partial charge >= 0.3 is 6.01 Å². The minimum absolute atomic E-state index is 0.0370. The number of pyridine rings is 1. The lowest BCUT2D eigenvalue weighted by molar-refractivity contribution is 0.0978. The van der Waals surface area contributed by atoms with Gasteiger partial charge in [0.1, 0.15) is 17.0 Å². The number of nitrogens with zero attached hydrogens (tertiary/aromatic N) is 5. The summed E-state index contributed by atoms with van der Waals surface area (Å²) in [6.45, 7) is 0.253. The number of para-hydroxylation sites is 1. The van der Waals surface area contributed by atoms with Crippen LogP contribution in [0.15, 0.2) is 48.8 Å². The topological polar surface area (TPSA) is 99.6 Å². The number of anilines is 1. The Balaban J connectivity index is 1.81. The standard InChI is InChI=1S/C21H19N5O4S/c1-28-15-7-4-8-16-18(15)25-21(31-16)26(12-13-6-5-9-22-11-13)19(27)14-10-17(29-2)24-20(23-14)30-3/h4-11H,12H2,1-3H3. The monoisotopic (exact) mass is 437 g/mol. The molecule has 1 aromatic carbocycles. The molecule has 1 amide bonds. The maximum atomic E-state index is 13.6. The van der Waals surface area contributed by atoms with Crippen LogP contribution in [-0.2, 0) is 6.54 Å². The highest BCUT2D eigenvalue weighted by Gasteiger charge is 2.25. The van der Waals surface area contributed by atoms with Crippen LogP contribution < -0.4 is 19.1 Å². The first-order valence-corrected chi connectivity index (χ1v) is 10.1. The predicted molar refractivity (Wildman–Crippen MR) is 116 cm³/mol. The number of thiazole rings is 1. The zero-order valence-electron chi connectivity index (χ0n) is 17.1. The molecule has 0 radical (unpaired) electrons. The van der Waals surface area contributed by atoms with Gasteiger partial charge in [0.15, 0.2) is 5.13 Å². The molecule has 9 nitrogen and oxygen atoms in total. The van der Waals surface area contributed by atoms with E-state index in [9.17, 15) is 4.79 Å². The smallest absolute Gasteiger partial charge is 0.320 e.